The highest BCUT2D eigenvalue weighted by atomic mass is 32.2. The fourth-order valence-electron chi connectivity index (χ4n) is 4.51. The Morgan fingerprint density at radius 2 is 0.882 bits per heavy atom. The van der Waals surface area contributed by atoms with Crippen molar-refractivity contribution < 1.29 is 32.8 Å². The van der Waals surface area contributed by atoms with Gasteiger partial charge in [0.2, 0.25) is 4.75 Å². The number of carboxylic acid groups (broad SMARTS) is 2. The molecular formula is C26H50O7S. The Balaban J connectivity index is 3.63. The Bertz CT molecular complexity index is 633. The third-order valence-electron chi connectivity index (χ3n) is 6.75. The highest BCUT2D eigenvalue weighted by Gasteiger charge is 2.51. The van der Waals surface area contributed by atoms with Gasteiger partial charge in [0.25, 0.3) is 10.1 Å². The van der Waals surface area contributed by atoms with Gasteiger partial charge in [-0.05, 0) is 6.42 Å². The van der Waals surface area contributed by atoms with Gasteiger partial charge in [-0.15, -0.1) is 0 Å². The molecule has 0 rings (SSSR count). The van der Waals surface area contributed by atoms with Crippen LogP contribution in [0.3, 0.4) is 0 Å². The van der Waals surface area contributed by atoms with Crippen LogP contribution in [0.25, 0.3) is 0 Å². The van der Waals surface area contributed by atoms with Crippen LogP contribution < -0.4 is 0 Å². The molecule has 0 aliphatic carbocycles. The molecule has 1 atom stereocenters. The Morgan fingerprint density at radius 1 is 0.588 bits per heavy atom. The van der Waals surface area contributed by atoms with E-state index in [-0.39, 0.29) is 6.42 Å². The summed E-state index contributed by atoms with van der Waals surface area (Å²) in [7, 11) is -5.03. The summed E-state index contributed by atoms with van der Waals surface area (Å²) in [4.78, 5) is 22.4. The molecule has 0 bridgehead atoms. The van der Waals surface area contributed by atoms with Crippen LogP contribution in [-0.4, -0.2) is 39.9 Å². The predicted octanol–water partition coefficient (Wildman–Crippen LogP) is 7.38. The van der Waals surface area contributed by atoms with Gasteiger partial charge in [-0.25, -0.2) is 0 Å². The minimum Gasteiger partial charge on any atom is -0.481 e. The molecule has 34 heavy (non-hydrogen) atoms. The highest BCUT2D eigenvalue weighted by Crippen LogP contribution is 2.29. The number of rotatable bonds is 25. The molecular weight excluding hydrogens is 456 g/mol. The minimum absolute atomic E-state index is 0.248. The average Bonchev–Trinajstić information content (AvgIpc) is 2.75. The van der Waals surface area contributed by atoms with Crippen molar-refractivity contribution in [3.05, 3.63) is 0 Å². The first-order valence-electron chi connectivity index (χ1n) is 13.6. The molecule has 0 aliphatic rings. The quantitative estimate of drug-likeness (QED) is 0.0869. The second-order valence-electron chi connectivity index (χ2n) is 9.81. The van der Waals surface area contributed by atoms with Gasteiger partial charge in [0.1, 0.15) is 0 Å². The summed E-state index contributed by atoms with van der Waals surface area (Å²) in [6, 6.07) is 0. The number of aliphatic carboxylic acids is 2. The van der Waals surface area contributed by atoms with Crippen LogP contribution in [0.1, 0.15) is 148 Å². The monoisotopic (exact) mass is 506 g/mol. The van der Waals surface area contributed by atoms with E-state index in [1.54, 1.807) is 0 Å². The van der Waals surface area contributed by atoms with Crippen molar-refractivity contribution in [1.29, 1.82) is 0 Å². The Morgan fingerprint density at radius 3 is 1.12 bits per heavy atom. The van der Waals surface area contributed by atoms with E-state index in [2.05, 4.69) is 6.92 Å². The summed E-state index contributed by atoms with van der Waals surface area (Å²) in [5, 5.41) is 18.2. The minimum atomic E-state index is -5.03. The standard InChI is InChI=1S/C26H50O7S/c1-2-3-4-5-6-7-8-9-10-11-12-13-14-15-16-17-18-19-20-21-22-26(25(29)30,23-24(27)28)34(31,32)33/h2-23H2,1H3,(H,27,28)(H,29,30)(H,31,32,33). The molecule has 0 heterocycles. The normalized spacial score (nSPS) is 13.6. The van der Waals surface area contributed by atoms with E-state index >= 15 is 0 Å². The second-order valence-corrected chi connectivity index (χ2v) is 11.5. The molecule has 8 heteroatoms. The summed E-state index contributed by atoms with van der Waals surface area (Å²) in [5.74, 6) is -3.37. The van der Waals surface area contributed by atoms with Gasteiger partial charge < -0.3 is 10.2 Å². The number of carboxylic acids is 2. The molecule has 0 aromatic carbocycles. The average molecular weight is 507 g/mol. The number of hydrogen-bond donors (Lipinski definition) is 3. The van der Waals surface area contributed by atoms with Crippen molar-refractivity contribution in [3.63, 3.8) is 0 Å². The lowest BCUT2D eigenvalue weighted by molar-refractivity contribution is -0.147. The summed E-state index contributed by atoms with van der Waals surface area (Å²) >= 11 is 0. The van der Waals surface area contributed by atoms with Crippen LogP contribution in [0.15, 0.2) is 0 Å². The number of hydrogen-bond acceptors (Lipinski definition) is 4. The fourth-order valence-corrected chi connectivity index (χ4v) is 5.44. The molecule has 0 fully saturated rings. The summed E-state index contributed by atoms with van der Waals surface area (Å²) < 4.78 is 29.8. The van der Waals surface area contributed by atoms with Crippen LogP contribution in [0.5, 0.6) is 0 Å². The zero-order chi connectivity index (χ0) is 25.7. The van der Waals surface area contributed by atoms with Gasteiger partial charge in [0.05, 0.1) is 6.42 Å². The zero-order valence-electron chi connectivity index (χ0n) is 21.4. The Hall–Kier alpha value is -1.15. The van der Waals surface area contributed by atoms with Crippen molar-refractivity contribution in [1.82, 2.24) is 0 Å². The van der Waals surface area contributed by atoms with Crippen LogP contribution in [0.4, 0.5) is 0 Å². The van der Waals surface area contributed by atoms with Crippen molar-refractivity contribution in [2.45, 2.75) is 153 Å². The maximum Gasteiger partial charge on any atom is 0.328 e. The largest absolute Gasteiger partial charge is 0.481 e. The molecule has 0 amide bonds. The molecule has 3 N–H and O–H groups in total. The van der Waals surface area contributed by atoms with Crippen molar-refractivity contribution >= 4 is 22.1 Å². The lowest BCUT2D eigenvalue weighted by Crippen LogP contribution is -2.48. The van der Waals surface area contributed by atoms with Gasteiger partial charge in [-0.3, -0.25) is 14.1 Å². The molecule has 0 saturated heterocycles. The van der Waals surface area contributed by atoms with Crippen LogP contribution in [-0.2, 0) is 19.7 Å². The molecule has 0 radical (unpaired) electrons. The van der Waals surface area contributed by atoms with E-state index < -0.39 is 39.6 Å². The maximum atomic E-state index is 11.6. The predicted molar refractivity (Wildman–Crippen MR) is 137 cm³/mol. The molecule has 0 spiro atoms. The van der Waals surface area contributed by atoms with Crippen LogP contribution >= 0.6 is 0 Å². The first-order chi connectivity index (χ1) is 16.2. The lowest BCUT2D eigenvalue weighted by Gasteiger charge is -2.24. The van der Waals surface area contributed by atoms with E-state index in [1.165, 1.54) is 96.3 Å². The molecule has 0 aromatic heterocycles. The molecule has 1 unspecified atom stereocenters. The van der Waals surface area contributed by atoms with E-state index in [0.29, 0.717) is 6.42 Å². The molecule has 0 aliphatic heterocycles. The molecule has 7 nitrogen and oxygen atoms in total. The van der Waals surface area contributed by atoms with E-state index in [0.717, 1.165) is 19.3 Å². The first kappa shape index (κ1) is 32.8. The van der Waals surface area contributed by atoms with Crippen LogP contribution in [0.2, 0.25) is 0 Å². The second kappa shape index (κ2) is 20.1. The van der Waals surface area contributed by atoms with Gasteiger partial charge in [-0.2, -0.15) is 8.42 Å². The molecule has 202 valence electrons. The topological polar surface area (TPSA) is 129 Å². The summed E-state index contributed by atoms with van der Waals surface area (Å²) in [5.41, 5.74) is 0. The lowest BCUT2D eigenvalue weighted by atomic mass is 9.96. The van der Waals surface area contributed by atoms with Crippen molar-refractivity contribution in [2.75, 3.05) is 0 Å². The van der Waals surface area contributed by atoms with Gasteiger partial charge >= 0.3 is 11.9 Å². The van der Waals surface area contributed by atoms with Gasteiger partial charge in [0, 0.05) is 0 Å². The number of carbonyl (C=O) groups is 2. The third-order valence-corrected chi connectivity index (χ3v) is 8.27. The summed E-state index contributed by atoms with van der Waals surface area (Å²) in [6.45, 7) is 2.26. The number of unbranched alkanes of at least 4 members (excludes halogenated alkanes) is 19. The van der Waals surface area contributed by atoms with E-state index in [4.69, 9.17) is 5.11 Å². The summed E-state index contributed by atoms with van der Waals surface area (Å²) in [6.07, 6.45) is 22.3. The van der Waals surface area contributed by atoms with Crippen molar-refractivity contribution in [3.8, 4) is 0 Å². The first-order valence-corrected chi connectivity index (χ1v) is 15.0. The third kappa shape index (κ3) is 15.7. The van der Waals surface area contributed by atoms with Gasteiger partial charge in [-0.1, -0.05) is 135 Å². The SMILES string of the molecule is CCCCCCCCCCCCCCCCCCCCCCC(CC(=O)O)(C(=O)O)S(=O)(=O)O. The van der Waals surface area contributed by atoms with Gasteiger partial charge in [0.15, 0.2) is 0 Å². The Kier molecular flexibility index (Phi) is 19.4. The van der Waals surface area contributed by atoms with E-state index in [1.807, 2.05) is 0 Å². The molecule has 0 aromatic rings. The fraction of sp³-hybridized carbons (Fsp3) is 0.923. The van der Waals surface area contributed by atoms with E-state index in [9.17, 15) is 27.7 Å². The molecule has 0 saturated carbocycles. The van der Waals surface area contributed by atoms with Crippen LogP contribution in [0, 0.1) is 0 Å². The Labute approximate surface area is 207 Å². The zero-order valence-corrected chi connectivity index (χ0v) is 22.3. The maximum absolute atomic E-state index is 11.6. The highest BCUT2D eigenvalue weighted by molar-refractivity contribution is 7.88. The van der Waals surface area contributed by atoms with Crippen molar-refractivity contribution in [2.24, 2.45) is 0 Å². The smallest absolute Gasteiger partial charge is 0.328 e.